The molecule has 1 atom stereocenters. The minimum absolute atomic E-state index is 0.0515. The van der Waals surface area contributed by atoms with Crippen LogP contribution in [-0.4, -0.2) is 51.5 Å². The smallest absolute Gasteiger partial charge is 0.246 e. The molecule has 0 spiro atoms. The van der Waals surface area contributed by atoms with Crippen molar-refractivity contribution in [3.8, 4) is 5.75 Å². The van der Waals surface area contributed by atoms with Crippen molar-refractivity contribution in [1.29, 1.82) is 0 Å². The van der Waals surface area contributed by atoms with E-state index in [1.165, 1.54) is 17.5 Å². The zero-order chi connectivity index (χ0) is 19.0. The normalized spacial score (nSPS) is 12.9. The molecule has 1 amide bonds. The van der Waals surface area contributed by atoms with Crippen LogP contribution in [-0.2, 0) is 19.6 Å². The van der Waals surface area contributed by atoms with Crippen molar-refractivity contribution >= 4 is 21.6 Å². The van der Waals surface area contributed by atoms with Crippen LogP contribution in [0.2, 0.25) is 0 Å². The minimum atomic E-state index is -3.71. The second kappa shape index (κ2) is 9.74. The molecule has 0 unspecified atom stereocenters. The summed E-state index contributed by atoms with van der Waals surface area (Å²) in [5.74, 6) is 0.0300. The summed E-state index contributed by atoms with van der Waals surface area (Å²) >= 11 is 0. The molecule has 0 bridgehead atoms. The van der Waals surface area contributed by atoms with Crippen molar-refractivity contribution in [2.75, 3.05) is 32.1 Å². The fraction of sp³-hybridized carbons (Fsp3) is 0.588. The van der Waals surface area contributed by atoms with Gasteiger partial charge in [-0.2, -0.15) is 4.31 Å². The second-order valence-corrected chi connectivity index (χ2v) is 7.39. The lowest BCUT2D eigenvalue weighted by Crippen LogP contribution is -2.31. The van der Waals surface area contributed by atoms with Gasteiger partial charge in [0.25, 0.3) is 0 Å². The molecule has 1 aromatic carbocycles. The number of nitrogens with zero attached hydrogens (tertiary/aromatic N) is 1. The van der Waals surface area contributed by atoms with Gasteiger partial charge in [0.1, 0.15) is 10.6 Å². The molecule has 0 aliphatic heterocycles. The number of nitrogens with one attached hydrogen (secondary N) is 1. The first-order chi connectivity index (χ1) is 11.8. The molecule has 0 aliphatic rings. The first-order valence-electron chi connectivity index (χ1n) is 8.39. The Hall–Kier alpha value is -1.64. The number of carbonyl (C=O) groups excluding carboxylic acids is 1. The standard InChI is InChI=1S/C17H28N2O5S/c1-6-19(7-2)25(21,22)16-12-14(9-10-15(16)24-8-3)18-17(20)11-13(4)23-5/h9-10,12-13H,6-8,11H2,1-5H3,(H,18,20)/t13-/m1/s1. The molecule has 0 fully saturated rings. The number of benzene rings is 1. The zero-order valence-electron chi connectivity index (χ0n) is 15.5. The highest BCUT2D eigenvalue weighted by Crippen LogP contribution is 2.30. The van der Waals surface area contributed by atoms with Crippen LogP contribution in [0, 0.1) is 0 Å². The van der Waals surface area contributed by atoms with Gasteiger partial charge in [-0.25, -0.2) is 8.42 Å². The second-order valence-electron chi connectivity index (χ2n) is 5.48. The largest absolute Gasteiger partial charge is 0.492 e. The number of sulfonamides is 1. The molecule has 0 saturated heterocycles. The van der Waals surface area contributed by atoms with Crippen molar-refractivity contribution in [2.24, 2.45) is 0 Å². The molecule has 25 heavy (non-hydrogen) atoms. The molecule has 7 nitrogen and oxygen atoms in total. The summed E-state index contributed by atoms with van der Waals surface area (Å²) in [4.78, 5) is 12.1. The molecule has 0 radical (unpaired) electrons. The molecular weight excluding hydrogens is 344 g/mol. The molecular formula is C17H28N2O5S. The van der Waals surface area contributed by atoms with E-state index in [-0.39, 0.29) is 29.1 Å². The molecule has 1 aromatic rings. The summed E-state index contributed by atoms with van der Waals surface area (Å²) in [5.41, 5.74) is 0.405. The van der Waals surface area contributed by atoms with Crippen molar-refractivity contribution in [3.63, 3.8) is 0 Å². The Bertz CT molecular complexity index is 672. The SMILES string of the molecule is CCOc1ccc(NC(=O)C[C@@H](C)OC)cc1S(=O)(=O)N(CC)CC. The number of anilines is 1. The highest BCUT2D eigenvalue weighted by atomic mass is 32.2. The van der Waals surface area contributed by atoms with Gasteiger partial charge in [-0.05, 0) is 32.0 Å². The number of hydrogen-bond donors (Lipinski definition) is 1. The van der Waals surface area contributed by atoms with Crippen LogP contribution in [0.1, 0.15) is 34.1 Å². The molecule has 8 heteroatoms. The summed E-state index contributed by atoms with van der Waals surface area (Å²) in [6.45, 7) is 8.18. The molecule has 1 N–H and O–H groups in total. The van der Waals surface area contributed by atoms with E-state index in [0.29, 0.717) is 25.4 Å². The van der Waals surface area contributed by atoms with Gasteiger partial charge in [-0.15, -0.1) is 0 Å². The van der Waals surface area contributed by atoms with Crippen molar-refractivity contribution in [1.82, 2.24) is 4.31 Å². The Balaban J connectivity index is 3.20. The van der Waals surface area contributed by atoms with E-state index in [4.69, 9.17) is 9.47 Å². The summed E-state index contributed by atoms with van der Waals surface area (Å²) in [7, 11) is -2.18. The molecule has 0 aliphatic carbocycles. The number of hydrogen-bond acceptors (Lipinski definition) is 5. The van der Waals surface area contributed by atoms with Crippen LogP contribution in [0.3, 0.4) is 0 Å². The Morgan fingerprint density at radius 2 is 1.88 bits per heavy atom. The molecule has 0 saturated carbocycles. The van der Waals surface area contributed by atoms with E-state index in [9.17, 15) is 13.2 Å². The molecule has 142 valence electrons. The van der Waals surface area contributed by atoms with Crippen LogP contribution in [0.15, 0.2) is 23.1 Å². The monoisotopic (exact) mass is 372 g/mol. The maximum absolute atomic E-state index is 12.9. The van der Waals surface area contributed by atoms with E-state index >= 15 is 0 Å². The third-order valence-corrected chi connectivity index (χ3v) is 5.80. The number of methoxy groups -OCH3 is 1. The van der Waals surface area contributed by atoms with Gasteiger partial charge in [0.15, 0.2) is 0 Å². The van der Waals surface area contributed by atoms with Gasteiger partial charge in [0, 0.05) is 25.9 Å². The predicted molar refractivity (Wildman–Crippen MR) is 97.4 cm³/mol. The Morgan fingerprint density at radius 3 is 2.40 bits per heavy atom. The maximum atomic E-state index is 12.9. The fourth-order valence-electron chi connectivity index (χ4n) is 2.32. The highest BCUT2D eigenvalue weighted by Gasteiger charge is 2.26. The summed E-state index contributed by atoms with van der Waals surface area (Å²) in [6, 6.07) is 4.63. The van der Waals surface area contributed by atoms with Gasteiger partial charge < -0.3 is 14.8 Å². The topological polar surface area (TPSA) is 84.9 Å². The third kappa shape index (κ3) is 5.69. The van der Waals surface area contributed by atoms with Crippen molar-refractivity contribution in [2.45, 2.75) is 45.1 Å². The number of rotatable bonds is 10. The number of amides is 1. The number of ether oxygens (including phenoxy) is 2. The Labute approximate surface area is 150 Å². The maximum Gasteiger partial charge on any atom is 0.246 e. The summed E-state index contributed by atoms with van der Waals surface area (Å²) < 4.78 is 37.6. The van der Waals surface area contributed by atoms with Crippen molar-refractivity contribution in [3.05, 3.63) is 18.2 Å². The van der Waals surface area contributed by atoms with Gasteiger partial charge >= 0.3 is 0 Å². The van der Waals surface area contributed by atoms with E-state index in [1.54, 1.807) is 39.8 Å². The summed E-state index contributed by atoms with van der Waals surface area (Å²) in [5, 5.41) is 2.71. The van der Waals surface area contributed by atoms with E-state index in [2.05, 4.69) is 5.32 Å². The summed E-state index contributed by atoms with van der Waals surface area (Å²) in [6.07, 6.45) is -0.0384. The van der Waals surface area contributed by atoms with Gasteiger partial charge in [0.2, 0.25) is 15.9 Å². The Kier molecular flexibility index (Phi) is 8.34. The first kappa shape index (κ1) is 21.4. The molecule has 0 heterocycles. The van der Waals surface area contributed by atoms with Crippen LogP contribution < -0.4 is 10.1 Å². The lowest BCUT2D eigenvalue weighted by molar-refractivity contribution is -0.118. The van der Waals surface area contributed by atoms with E-state index in [0.717, 1.165) is 0 Å². The Morgan fingerprint density at radius 1 is 1.24 bits per heavy atom. The first-order valence-corrected chi connectivity index (χ1v) is 9.83. The van der Waals surface area contributed by atoms with Crippen LogP contribution >= 0.6 is 0 Å². The molecule has 1 rings (SSSR count). The average Bonchev–Trinajstić information content (AvgIpc) is 2.57. The van der Waals surface area contributed by atoms with Gasteiger partial charge in [0.05, 0.1) is 19.1 Å². The van der Waals surface area contributed by atoms with Crippen LogP contribution in [0.5, 0.6) is 5.75 Å². The van der Waals surface area contributed by atoms with E-state index in [1.807, 2.05) is 0 Å². The van der Waals surface area contributed by atoms with Crippen molar-refractivity contribution < 1.29 is 22.7 Å². The predicted octanol–water partition coefficient (Wildman–Crippen LogP) is 2.48. The van der Waals surface area contributed by atoms with Crippen LogP contribution in [0.25, 0.3) is 0 Å². The lowest BCUT2D eigenvalue weighted by Gasteiger charge is -2.21. The average molecular weight is 372 g/mol. The zero-order valence-corrected chi connectivity index (χ0v) is 16.4. The minimum Gasteiger partial charge on any atom is -0.492 e. The van der Waals surface area contributed by atoms with Gasteiger partial charge in [-0.1, -0.05) is 13.8 Å². The third-order valence-electron chi connectivity index (χ3n) is 3.73. The van der Waals surface area contributed by atoms with Crippen LogP contribution in [0.4, 0.5) is 5.69 Å². The highest BCUT2D eigenvalue weighted by molar-refractivity contribution is 7.89. The quantitative estimate of drug-likeness (QED) is 0.682. The number of carbonyl (C=O) groups is 1. The lowest BCUT2D eigenvalue weighted by atomic mass is 10.2. The van der Waals surface area contributed by atoms with E-state index < -0.39 is 10.0 Å². The fourth-order valence-corrected chi connectivity index (χ4v) is 3.94. The molecule has 0 aromatic heterocycles. The van der Waals surface area contributed by atoms with Gasteiger partial charge in [-0.3, -0.25) is 4.79 Å².